The van der Waals surface area contributed by atoms with Crippen molar-refractivity contribution in [1.82, 2.24) is 11.1 Å². The van der Waals surface area contributed by atoms with Crippen LogP contribution >= 0.6 is 0 Å². The Balaban J connectivity index is 2.17. The van der Waals surface area contributed by atoms with Gasteiger partial charge in [-0.2, -0.15) is 0 Å². The van der Waals surface area contributed by atoms with E-state index in [4.69, 9.17) is 10.5 Å². The maximum Gasteiger partial charge on any atom is 0.407 e. The van der Waals surface area contributed by atoms with E-state index in [1.54, 1.807) is 0 Å². The molecule has 0 saturated carbocycles. The average Bonchev–Trinajstić information content (AvgIpc) is 2.28. The lowest BCUT2D eigenvalue weighted by Crippen LogP contribution is -2.25. The highest BCUT2D eigenvalue weighted by molar-refractivity contribution is 5.67. The maximum absolute atomic E-state index is 11.1. The minimum Gasteiger partial charge on any atom is -0.445 e. The van der Waals surface area contributed by atoms with Crippen LogP contribution in [0.2, 0.25) is 0 Å². The lowest BCUT2D eigenvalue weighted by molar-refractivity contribution is 0.139. The van der Waals surface area contributed by atoms with Gasteiger partial charge < -0.3 is 10.1 Å². The van der Waals surface area contributed by atoms with Gasteiger partial charge in [-0.1, -0.05) is 30.3 Å². The molecule has 0 bridgehead atoms. The van der Waals surface area contributed by atoms with Crippen molar-refractivity contribution in [2.45, 2.75) is 13.0 Å². The summed E-state index contributed by atoms with van der Waals surface area (Å²) in [6.07, 6.45) is 0.229. The number of alkyl carbamates (subject to hydrolysis) is 1. The van der Waals surface area contributed by atoms with Crippen LogP contribution in [-0.2, 0) is 11.3 Å². The average molecular weight is 207 g/mol. The molecule has 0 saturated heterocycles. The molecule has 1 aromatic carbocycles. The second-order valence-electron chi connectivity index (χ2n) is 3.09. The first kappa shape index (κ1) is 11.5. The molecule has 0 spiro atoms. The smallest absolute Gasteiger partial charge is 0.407 e. The molecule has 1 rings (SSSR count). The van der Waals surface area contributed by atoms with Crippen molar-refractivity contribution in [3.63, 3.8) is 0 Å². The van der Waals surface area contributed by atoms with Crippen LogP contribution in [0.4, 0.5) is 4.79 Å². The third-order valence-corrected chi connectivity index (χ3v) is 1.84. The van der Waals surface area contributed by atoms with Crippen LogP contribution in [0.15, 0.2) is 30.3 Å². The van der Waals surface area contributed by atoms with E-state index in [1.165, 1.54) is 0 Å². The molecule has 0 unspecified atom stereocenters. The monoisotopic (exact) mass is 207 g/mol. The van der Waals surface area contributed by atoms with Crippen LogP contribution in [0.1, 0.15) is 12.0 Å². The van der Waals surface area contributed by atoms with Gasteiger partial charge in [0.1, 0.15) is 6.61 Å². The molecule has 0 atom stereocenters. The lowest BCUT2D eigenvalue weighted by Gasteiger charge is -2.05. The zero-order valence-electron chi connectivity index (χ0n) is 8.53. The van der Waals surface area contributed by atoms with Gasteiger partial charge in [0.15, 0.2) is 0 Å². The molecule has 15 heavy (non-hydrogen) atoms. The summed E-state index contributed by atoms with van der Waals surface area (Å²) in [5.41, 5.74) is 7.86. The Hall–Kier alpha value is -1.55. The summed E-state index contributed by atoms with van der Waals surface area (Å²) in [6.45, 7) is 1.10. The van der Waals surface area contributed by atoms with E-state index in [9.17, 15) is 4.79 Å². The number of hydrogen-bond acceptors (Lipinski definition) is 2. The van der Waals surface area contributed by atoms with Gasteiger partial charge in [-0.05, 0) is 12.0 Å². The Morgan fingerprint density at radius 2 is 2.07 bits per heavy atom. The number of benzene rings is 1. The summed E-state index contributed by atoms with van der Waals surface area (Å²) >= 11 is 0. The quantitative estimate of drug-likeness (QED) is 0.745. The Morgan fingerprint density at radius 1 is 1.33 bits per heavy atom. The number of hydrogen-bond donors (Lipinski definition) is 1. The molecule has 0 aliphatic carbocycles. The predicted octanol–water partition coefficient (Wildman–Crippen LogP) is 1.59. The zero-order chi connectivity index (χ0) is 10.9. The third-order valence-electron chi connectivity index (χ3n) is 1.84. The van der Waals surface area contributed by atoms with E-state index in [1.807, 2.05) is 30.3 Å². The largest absolute Gasteiger partial charge is 0.445 e. The molecule has 0 heterocycles. The zero-order valence-corrected chi connectivity index (χ0v) is 8.53. The van der Waals surface area contributed by atoms with Crippen LogP contribution in [-0.4, -0.2) is 19.2 Å². The van der Waals surface area contributed by atoms with Crippen molar-refractivity contribution >= 4 is 6.09 Å². The minimum absolute atomic E-state index is 0.285. The number of amides is 1. The van der Waals surface area contributed by atoms with Gasteiger partial charge in [0.2, 0.25) is 0 Å². The molecule has 0 aliphatic rings. The molecule has 1 radical (unpaired) electrons. The molecule has 0 fully saturated rings. The fourth-order valence-corrected chi connectivity index (χ4v) is 1.05. The molecule has 4 nitrogen and oxygen atoms in total. The summed E-state index contributed by atoms with van der Waals surface area (Å²) in [5.74, 6) is 0. The van der Waals surface area contributed by atoms with E-state index < -0.39 is 6.09 Å². The standard InChI is InChI=1S/C11H15N2O2/c12-7-4-8-13-11(14)15-9-10-5-2-1-3-6-10/h1-3,5-6,12H,4,7-9H2,(H,13,14). The van der Waals surface area contributed by atoms with E-state index in [2.05, 4.69) is 5.32 Å². The van der Waals surface area contributed by atoms with Crippen molar-refractivity contribution in [2.75, 3.05) is 13.1 Å². The van der Waals surface area contributed by atoms with E-state index in [-0.39, 0.29) is 6.61 Å². The molecule has 1 amide bonds. The highest BCUT2D eigenvalue weighted by Gasteiger charge is 2.00. The fraction of sp³-hybridized carbons (Fsp3) is 0.364. The lowest BCUT2D eigenvalue weighted by atomic mass is 10.2. The molecule has 4 heteroatoms. The van der Waals surface area contributed by atoms with Gasteiger partial charge in [-0.3, -0.25) is 5.73 Å². The Morgan fingerprint density at radius 3 is 2.73 bits per heavy atom. The summed E-state index contributed by atoms with van der Waals surface area (Å²) in [4.78, 5) is 11.1. The minimum atomic E-state index is -0.424. The molecule has 1 aromatic rings. The first-order valence-electron chi connectivity index (χ1n) is 4.92. The van der Waals surface area contributed by atoms with E-state index >= 15 is 0 Å². The Bertz CT molecular complexity index is 288. The topological polar surface area (TPSA) is 62.1 Å². The summed E-state index contributed by atoms with van der Waals surface area (Å²) in [5, 5.41) is 2.57. The first-order chi connectivity index (χ1) is 7.33. The number of rotatable bonds is 5. The van der Waals surface area contributed by atoms with Crippen LogP contribution in [0.25, 0.3) is 0 Å². The SMILES string of the molecule is [NH]CCCNC(=O)OCc1ccccc1. The van der Waals surface area contributed by atoms with Crippen LogP contribution in [0.3, 0.4) is 0 Å². The number of carbonyl (C=O) groups is 1. The Kier molecular flexibility index (Phi) is 5.25. The van der Waals surface area contributed by atoms with Gasteiger partial charge in [0, 0.05) is 13.1 Å². The van der Waals surface area contributed by atoms with Crippen LogP contribution in [0, 0.1) is 0 Å². The molecule has 0 aromatic heterocycles. The van der Waals surface area contributed by atoms with Gasteiger partial charge in [-0.25, -0.2) is 4.79 Å². The van der Waals surface area contributed by atoms with Gasteiger partial charge >= 0.3 is 6.09 Å². The van der Waals surface area contributed by atoms with Crippen LogP contribution in [0.5, 0.6) is 0 Å². The first-order valence-corrected chi connectivity index (χ1v) is 4.92. The molecule has 2 N–H and O–H groups in total. The molecule has 81 valence electrons. The normalized spacial score (nSPS) is 9.67. The van der Waals surface area contributed by atoms with Crippen molar-refractivity contribution in [3.05, 3.63) is 35.9 Å². The highest BCUT2D eigenvalue weighted by Crippen LogP contribution is 2.00. The summed E-state index contributed by atoms with van der Waals surface area (Å²) < 4.78 is 4.96. The van der Waals surface area contributed by atoms with E-state index in [0.29, 0.717) is 19.5 Å². The second-order valence-corrected chi connectivity index (χ2v) is 3.09. The summed E-state index contributed by atoms with van der Waals surface area (Å²) in [7, 11) is 0. The number of carbonyl (C=O) groups excluding carboxylic acids is 1. The highest BCUT2D eigenvalue weighted by atomic mass is 16.5. The van der Waals surface area contributed by atoms with Gasteiger partial charge in [0.25, 0.3) is 0 Å². The van der Waals surface area contributed by atoms with Crippen molar-refractivity contribution in [2.24, 2.45) is 0 Å². The summed E-state index contributed by atoms with van der Waals surface area (Å²) in [6, 6.07) is 9.51. The van der Waals surface area contributed by atoms with Gasteiger partial charge in [-0.15, -0.1) is 0 Å². The molecular formula is C11H15N2O2. The second kappa shape index (κ2) is 6.84. The van der Waals surface area contributed by atoms with Crippen molar-refractivity contribution in [3.8, 4) is 0 Å². The fourth-order valence-electron chi connectivity index (χ4n) is 1.05. The predicted molar refractivity (Wildman–Crippen MR) is 57.2 cm³/mol. The molecular weight excluding hydrogens is 192 g/mol. The third kappa shape index (κ3) is 5.02. The van der Waals surface area contributed by atoms with Gasteiger partial charge in [0.05, 0.1) is 0 Å². The number of nitrogens with one attached hydrogen (secondary N) is 2. The van der Waals surface area contributed by atoms with E-state index in [0.717, 1.165) is 5.56 Å². The van der Waals surface area contributed by atoms with Crippen molar-refractivity contribution < 1.29 is 9.53 Å². The maximum atomic E-state index is 11.1. The van der Waals surface area contributed by atoms with Crippen LogP contribution < -0.4 is 11.1 Å². The molecule has 0 aliphatic heterocycles. The van der Waals surface area contributed by atoms with Crippen molar-refractivity contribution in [1.29, 1.82) is 0 Å². The Labute approximate surface area is 89.4 Å². The number of ether oxygens (including phenoxy) is 1.